The van der Waals surface area contributed by atoms with Crippen molar-refractivity contribution in [3.05, 3.63) is 64.7 Å². The summed E-state index contributed by atoms with van der Waals surface area (Å²) in [6, 6.07) is 14.8. The average molecular weight is 576 g/mol. The number of benzene rings is 2. The fraction of sp³-hybridized carbons (Fsp3) is 0.536. The number of amides is 1. The van der Waals surface area contributed by atoms with E-state index >= 15 is 0 Å². The van der Waals surface area contributed by atoms with Gasteiger partial charge in [0, 0.05) is 6.54 Å². The summed E-state index contributed by atoms with van der Waals surface area (Å²) in [7, 11) is 0. The molecular formula is C28H36IN2O3-. The van der Waals surface area contributed by atoms with Crippen molar-refractivity contribution in [3.63, 3.8) is 0 Å². The van der Waals surface area contributed by atoms with Crippen LogP contribution in [0.15, 0.2) is 42.5 Å². The molecule has 0 spiro atoms. The summed E-state index contributed by atoms with van der Waals surface area (Å²) < 4.78 is 11.9. The summed E-state index contributed by atoms with van der Waals surface area (Å²) in [6.45, 7) is 4.39. The normalized spacial score (nSPS) is 23.3. The first-order valence-corrected chi connectivity index (χ1v) is 15.0. The number of nitrogens with one attached hydrogen (secondary N) is 1. The first kappa shape index (κ1) is 24.1. The predicted octanol–water partition coefficient (Wildman–Crippen LogP) is 1.87. The minimum atomic E-state index is -0.458. The van der Waals surface area contributed by atoms with E-state index in [1.54, 1.807) is 0 Å². The molecule has 2 saturated heterocycles. The molecule has 1 aliphatic carbocycles. The van der Waals surface area contributed by atoms with Gasteiger partial charge >= 0.3 is 159 Å². The van der Waals surface area contributed by atoms with Crippen molar-refractivity contribution in [2.24, 2.45) is 0 Å². The van der Waals surface area contributed by atoms with Crippen LogP contribution in [0.5, 0.6) is 5.75 Å². The molecule has 34 heavy (non-hydrogen) atoms. The zero-order valence-corrected chi connectivity index (χ0v) is 22.1. The fourth-order valence-corrected chi connectivity index (χ4v) is 7.19. The van der Waals surface area contributed by atoms with Gasteiger partial charge in [-0.05, 0) is 31.5 Å². The van der Waals surface area contributed by atoms with Crippen LogP contribution in [0.3, 0.4) is 0 Å². The summed E-state index contributed by atoms with van der Waals surface area (Å²) in [4.78, 5) is 15.4. The van der Waals surface area contributed by atoms with Crippen LogP contribution in [-0.2, 0) is 24.1 Å². The Bertz CT molecular complexity index is 951. The van der Waals surface area contributed by atoms with Gasteiger partial charge < -0.3 is 0 Å². The van der Waals surface area contributed by atoms with Gasteiger partial charge in [-0.2, -0.15) is 0 Å². The van der Waals surface area contributed by atoms with E-state index in [0.717, 1.165) is 51.0 Å². The standard InChI is InChI=1S/C28H36IN2O3/c32-28(22-10-13-26(14-11-22)34-29-27-6-5-17-33-27)30-25-12-9-23-18-21(7-8-24(23)19-25)20-31-15-3-1-2-4-16-31/h7-8,10-11,13-14,18,25,27H,1-6,9,12,15-17,19-20H2,(H,30,32)/q-1/t25-,27+/m0/s1. The minimum absolute atomic E-state index is 0.00612. The molecule has 0 unspecified atom stereocenters. The van der Waals surface area contributed by atoms with Crippen LogP contribution in [0.4, 0.5) is 0 Å². The summed E-state index contributed by atoms with van der Waals surface area (Å²) in [5.74, 6) is 0.842. The molecule has 0 aromatic heterocycles. The Balaban J connectivity index is 1.12. The molecule has 2 atom stereocenters. The van der Waals surface area contributed by atoms with Gasteiger partial charge in [0.1, 0.15) is 0 Å². The molecule has 0 bridgehead atoms. The Morgan fingerprint density at radius 1 is 1.00 bits per heavy atom. The number of hydrogen-bond donors (Lipinski definition) is 1. The monoisotopic (exact) mass is 575 g/mol. The Morgan fingerprint density at radius 3 is 2.59 bits per heavy atom. The first-order chi connectivity index (χ1) is 16.7. The van der Waals surface area contributed by atoms with Gasteiger partial charge in [0.2, 0.25) is 0 Å². The van der Waals surface area contributed by atoms with Gasteiger partial charge in [-0.1, -0.05) is 12.8 Å². The number of aryl methyl sites for hydroxylation is 1. The van der Waals surface area contributed by atoms with Crippen LogP contribution in [0.25, 0.3) is 0 Å². The second kappa shape index (κ2) is 11.9. The molecule has 1 N–H and O–H groups in total. The zero-order valence-electron chi connectivity index (χ0n) is 19.9. The van der Waals surface area contributed by atoms with Gasteiger partial charge in [0.25, 0.3) is 0 Å². The molecule has 5 nitrogen and oxygen atoms in total. The van der Waals surface area contributed by atoms with Crippen LogP contribution in [0, 0.1) is 0 Å². The fourth-order valence-electron chi connectivity index (χ4n) is 5.22. The van der Waals surface area contributed by atoms with Crippen LogP contribution < -0.4 is 30.0 Å². The Morgan fingerprint density at radius 2 is 1.82 bits per heavy atom. The molecule has 0 saturated carbocycles. The number of hydrogen-bond acceptors (Lipinski definition) is 4. The van der Waals surface area contributed by atoms with Crippen LogP contribution in [0.2, 0.25) is 0 Å². The number of rotatable bonds is 7. The molecular weight excluding hydrogens is 539 g/mol. The maximum atomic E-state index is 12.8. The molecule has 2 aromatic rings. The summed E-state index contributed by atoms with van der Waals surface area (Å²) in [5, 5.41) is 3.26. The summed E-state index contributed by atoms with van der Waals surface area (Å²) >= 11 is -0.458. The molecule has 6 heteroatoms. The number of fused-ring (bicyclic) bond motifs is 1. The molecule has 0 radical (unpaired) electrons. The number of carbonyl (C=O) groups is 1. The Hall–Kier alpha value is -1.64. The molecule has 184 valence electrons. The second-order valence-electron chi connectivity index (χ2n) is 9.82. The van der Waals surface area contributed by atoms with E-state index in [4.69, 9.17) is 7.80 Å². The van der Waals surface area contributed by atoms with E-state index < -0.39 is 21.6 Å². The van der Waals surface area contributed by atoms with Crippen molar-refractivity contribution < 1.29 is 34.2 Å². The molecule has 5 rings (SSSR count). The average Bonchev–Trinajstić information content (AvgIpc) is 3.26. The zero-order chi connectivity index (χ0) is 23.2. The van der Waals surface area contributed by atoms with Gasteiger partial charge in [-0.25, -0.2) is 0 Å². The molecule has 2 aromatic carbocycles. The number of alkyl halides is 1. The van der Waals surface area contributed by atoms with Crippen molar-refractivity contribution in [1.82, 2.24) is 10.2 Å². The van der Waals surface area contributed by atoms with Crippen molar-refractivity contribution >= 4 is 5.91 Å². The number of nitrogens with zero attached hydrogens (tertiary/aromatic N) is 1. The quantitative estimate of drug-likeness (QED) is 0.405. The maximum absolute atomic E-state index is 12.8. The van der Waals surface area contributed by atoms with E-state index in [-0.39, 0.29) is 11.9 Å². The van der Waals surface area contributed by atoms with Gasteiger partial charge in [-0.3, -0.25) is 4.90 Å². The molecule has 2 fully saturated rings. The summed E-state index contributed by atoms with van der Waals surface area (Å²) in [5.41, 5.74) is 4.99. The summed E-state index contributed by atoms with van der Waals surface area (Å²) in [6.07, 6.45) is 10.6. The topological polar surface area (TPSA) is 50.8 Å². The van der Waals surface area contributed by atoms with Crippen molar-refractivity contribution in [1.29, 1.82) is 0 Å². The van der Waals surface area contributed by atoms with Crippen LogP contribution >= 0.6 is 0 Å². The van der Waals surface area contributed by atoms with Gasteiger partial charge in [0.05, 0.1) is 0 Å². The van der Waals surface area contributed by atoms with Crippen LogP contribution in [-0.4, -0.2) is 40.7 Å². The van der Waals surface area contributed by atoms with E-state index in [0.29, 0.717) is 9.67 Å². The van der Waals surface area contributed by atoms with Crippen molar-refractivity contribution in [3.8, 4) is 5.75 Å². The van der Waals surface area contributed by atoms with Crippen LogP contribution in [0.1, 0.15) is 72.0 Å². The molecule has 2 aliphatic heterocycles. The third-order valence-corrected chi connectivity index (χ3v) is 9.48. The predicted molar refractivity (Wildman–Crippen MR) is 130 cm³/mol. The number of likely N-dealkylation sites (tertiary alicyclic amines) is 1. The Labute approximate surface area is 214 Å². The van der Waals surface area contributed by atoms with Gasteiger partial charge in [0.15, 0.2) is 0 Å². The second-order valence-corrected chi connectivity index (χ2v) is 12.2. The third kappa shape index (κ3) is 6.52. The third-order valence-electron chi connectivity index (χ3n) is 7.16. The molecule has 2 heterocycles. The number of halogens is 1. The van der Waals surface area contributed by atoms with E-state index in [9.17, 15) is 4.79 Å². The SMILES string of the molecule is O=C(N[C@H]1CCc2cc(CN3CCCCCC3)ccc2C1)c1ccc(O[I-][C@H]2CCCO2)cc1. The van der Waals surface area contributed by atoms with E-state index in [2.05, 4.69) is 28.4 Å². The molecule has 3 aliphatic rings. The first-order valence-electron chi connectivity index (χ1n) is 12.9. The van der Waals surface area contributed by atoms with Gasteiger partial charge in [-0.15, -0.1) is 0 Å². The molecule has 1 amide bonds. The van der Waals surface area contributed by atoms with Crippen molar-refractivity contribution in [2.75, 3.05) is 19.7 Å². The van der Waals surface area contributed by atoms with E-state index in [1.807, 2.05) is 24.3 Å². The van der Waals surface area contributed by atoms with Crippen molar-refractivity contribution in [2.45, 2.75) is 74.5 Å². The van der Waals surface area contributed by atoms with E-state index in [1.165, 1.54) is 55.5 Å². The number of carbonyl (C=O) groups excluding carboxylic acids is 1. The number of ether oxygens (including phenoxy) is 1. The Kier molecular flexibility index (Phi) is 8.40.